The third-order valence-corrected chi connectivity index (χ3v) is 3.41. The number of nitrogens with one attached hydrogen (secondary N) is 1. The van der Waals surface area contributed by atoms with Crippen LogP contribution < -0.4 is 10.2 Å². The summed E-state index contributed by atoms with van der Waals surface area (Å²) in [5.74, 6) is 0.0733. The zero-order valence-electron chi connectivity index (χ0n) is 10.9. The number of para-hydroxylation sites is 1. The van der Waals surface area contributed by atoms with E-state index in [1.54, 1.807) is 6.92 Å². The maximum atomic E-state index is 11.9. The van der Waals surface area contributed by atoms with Gasteiger partial charge in [0.25, 0.3) is 0 Å². The van der Waals surface area contributed by atoms with Crippen molar-refractivity contribution in [3.05, 3.63) is 29.8 Å². The molecule has 0 bridgehead atoms. The molecule has 4 nitrogen and oxygen atoms in total. The number of hydrogen-bond donors (Lipinski definition) is 2. The minimum atomic E-state index is -0.524. The van der Waals surface area contributed by atoms with E-state index in [1.807, 2.05) is 31.2 Å². The molecule has 1 fully saturated rings. The van der Waals surface area contributed by atoms with Gasteiger partial charge in [0, 0.05) is 24.3 Å². The SMILES string of the molecule is CCC1C(=O)NCCN1c1ccccc1[C@H](C)O. The molecule has 1 saturated heterocycles. The molecule has 98 valence electrons. The fraction of sp³-hybridized carbons (Fsp3) is 0.500. The van der Waals surface area contributed by atoms with Crippen LogP contribution >= 0.6 is 0 Å². The van der Waals surface area contributed by atoms with Crippen molar-refractivity contribution in [3.63, 3.8) is 0 Å². The second kappa shape index (κ2) is 5.40. The van der Waals surface area contributed by atoms with Crippen molar-refractivity contribution in [2.45, 2.75) is 32.4 Å². The highest BCUT2D eigenvalue weighted by Gasteiger charge is 2.29. The summed E-state index contributed by atoms with van der Waals surface area (Å²) in [4.78, 5) is 14.0. The molecule has 18 heavy (non-hydrogen) atoms. The molecule has 0 aliphatic carbocycles. The Balaban J connectivity index is 2.37. The standard InChI is InChI=1S/C14H20N2O2/c1-3-12-14(18)15-8-9-16(12)13-7-5-4-6-11(13)10(2)17/h4-7,10,12,17H,3,8-9H2,1-2H3,(H,15,18)/t10-,12?/m0/s1. The minimum absolute atomic E-state index is 0.0733. The lowest BCUT2D eigenvalue weighted by molar-refractivity contribution is -0.123. The molecule has 2 N–H and O–H groups in total. The van der Waals surface area contributed by atoms with Crippen LogP contribution in [0.3, 0.4) is 0 Å². The van der Waals surface area contributed by atoms with Gasteiger partial charge in [0.2, 0.25) is 5.91 Å². The van der Waals surface area contributed by atoms with Crippen molar-refractivity contribution in [1.29, 1.82) is 0 Å². The summed E-state index contributed by atoms with van der Waals surface area (Å²) in [7, 11) is 0. The lowest BCUT2D eigenvalue weighted by Gasteiger charge is -2.37. The molecule has 1 unspecified atom stereocenters. The second-order valence-electron chi connectivity index (χ2n) is 4.64. The molecule has 1 aliphatic heterocycles. The monoisotopic (exact) mass is 248 g/mol. The number of carbonyl (C=O) groups excluding carboxylic acids is 1. The quantitative estimate of drug-likeness (QED) is 0.851. The molecule has 1 aromatic carbocycles. The molecular weight excluding hydrogens is 228 g/mol. The van der Waals surface area contributed by atoms with Crippen molar-refractivity contribution in [3.8, 4) is 0 Å². The Kier molecular flexibility index (Phi) is 3.87. The Labute approximate surface area is 108 Å². The van der Waals surface area contributed by atoms with Gasteiger partial charge < -0.3 is 15.3 Å². The highest BCUT2D eigenvalue weighted by Crippen LogP contribution is 2.29. The van der Waals surface area contributed by atoms with Gasteiger partial charge >= 0.3 is 0 Å². The summed E-state index contributed by atoms with van der Waals surface area (Å²) in [6, 6.07) is 7.61. The summed E-state index contributed by atoms with van der Waals surface area (Å²) in [5, 5.41) is 12.7. The van der Waals surface area contributed by atoms with E-state index in [-0.39, 0.29) is 11.9 Å². The molecule has 1 aliphatic rings. The number of aliphatic hydroxyl groups is 1. The van der Waals surface area contributed by atoms with Gasteiger partial charge in [-0.2, -0.15) is 0 Å². The molecule has 1 heterocycles. The lowest BCUT2D eigenvalue weighted by Crippen LogP contribution is -2.55. The van der Waals surface area contributed by atoms with E-state index in [2.05, 4.69) is 10.2 Å². The molecule has 4 heteroatoms. The first-order chi connectivity index (χ1) is 8.65. The number of carbonyl (C=O) groups is 1. The number of benzene rings is 1. The zero-order chi connectivity index (χ0) is 13.1. The Hall–Kier alpha value is -1.55. The molecule has 0 spiro atoms. The van der Waals surface area contributed by atoms with Crippen molar-refractivity contribution in [2.24, 2.45) is 0 Å². The van der Waals surface area contributed by atoms with E-state index >= 15 is 0 Å². The first kappa shape index (κ1) is 12.9. The first-order valence-electron chi connectivity index (χ1n) is 6.46. The number of hydrogen-bond acceptors (Lipinski definition) is 3. The van der Waals surface area contributed by atoms with Gasteiger partial charge in [0.05, 0.1) is 6.10 Å². The van der Waals surface area contributed by atoms with Crippen LogP contribution in [0, 0.1) is 0 Å². The fourth-order valence-corrected chi connectivity index (χ4v) is 2.51. The average Bonchev–Trinajstić information content (AvgIpc) is 2.38. The van der Waals surface area contributed by atoms with Crippen LogP contribution in [-0.4, -0.2) is 30.1 Å². The van der Waals surface area contributed by atoms with Crippen LogP contribution in [0.2, 0.25) is 0 Å². The number of nitrogens with zero attached hydrogens (tertiary/aromatic N) is 1. The maximum Gasteiger partial charge on any atom is 0.242 e. The van der Waals surface area contributed by atoms with Gasteiger partial charge in [-0.05, 0) is 19.4 Å². The summed E-state index contributed by atoms with van der Waals surface area (Å²) in [5.41, 5.74) is 1.85. The van der Waals surface area contributed by atoms with Gasteiger partial charge in [-0.1, -0.05) is 25.1 Å². The van der Waals surface area contributed by atoms with Crippen LogP contribution in [0.1, 0.15) is 31.9 Å². The van der Waals surface area contributed by atoms with Gasteiger partial charge in [-0.15, -0.1) is 0 Å². The minimum Gasteiger partial charge on any atom is -0.389 e. The highest BCUT2D eigenvalue weighted by atomic mass is 16.3. The Bertz CT molecular complexity index is 432. The summed E-state index contributed by atoms with van der Waals surface area (Å²) in [6.07, 6.45) is 0.240. The second-order valence-corrected chi connectivity index (χ2v) is 4.64. The first-order valence-corrected chi connectivity index (χ1v) is 6.46. The van der Waals surface area contributed by atoms with Crippen molar-refractivity contribution < 1.29 is 9.90 Å². The van der Waals surface area contributed by atoms with E-state index in [9.17, 15) is 9.90 Å². The zero-order valence-corrected chi connectivity index (χ0v) is 10.9. The Morgan fingerprint density at radius 1 is 1.50 bits per heavy atom. The van der Waals surface area contributed by atoms with E-state index in [4.69, 9.17) is 0 Å². The van der Waals surface area contributed by atoms with E-state index in [1.165, 1.54) is 0 Å². The highest BCUT2D eigenvalue weighted by molar-refractivity contribution is 5.86. The number of aliphatic hydroxyl groups excluding tert-OH is 1. The molecule has 0 saturated carbocycles. The van der Waals surface area contributed by atoms with E-state index in [0.717, 1.165) is 24.2 Å². The summed E-state index contributed by atoms with van der Waals surface area (Å²) in [6.45, 7) is 5.20. The van der Waals surface area contributed by atoms with E-state index < -0.39 is 6.10 Å². The van der Waals surface area contributed by atoms with Crippen molar-refractivity contribution in [1.82, 2.24) is 5.32 Å². The van der Waals surface area contributed by atoms with Crippen LogP contribution in [0.15, 0.2) is 24.3 Å². The molecule has 1 amide bonds. The topological polar surface area (TPSA) is 52.6 Å². The van der Waals surface area contributed by atoms with Gasteiger partial charge in [0.1, 0.15) is 6.04 Å². The van der Waals surface area contributed by atoms with Crippen molar-refractivity contribution >= 4 is 11.6 Å². The Morgan fingerprint density at radius 2 is 2.22 bits per heavy atom. The predicted octanol–water partition coefficient (Wildman–Crippen LogP) is 1.45. The number of anilines is 1. The molecule has 2 rings (SSSR count). The smallest absolute Gasteiger partial charge is 0.242 e. The van der Waals surface area contributed by atoms with Crippen LogP contribution in [-0.2, 0) is 4.79 Å². The maximum absolute atomic E-state index is 11.9. The van der Waals surface area contributed by atoms with Crippen LogP contribution in [0.25, 0.3) is 0 Å². The largest absolute Gasteiger partial charge is 0.389 e. The molecular formula is C14H20N2O2. The number of piperazine rings is 1. The molecule has 2 atom stereocenters. The van der Waals surface area contributed by atoms with Crippen molar-refractivity contribution in [2.75, 3.05) is 18.0 Å². The third kappa shape index (κ3) is 2.34. The molecule has 0 radical (unpaired) electrons. The normalized spacial score (nSPS) is 21.6. The van der Waals surface area contributed by atoms with Gasteiger partial charge in [0.15, 0.2) is 0 Å². The molecule has 0 aromatic heterocycles. The number of amides is 1. The number of rotatable bonds is 3. The molecule has 1 aromatic rings. The van der Waals surface area contributed by atoms with Gasteiger partial charge in [-0.3, -0.25) is 4.79 Å². The average molecular weight is 248 g/mol. The Morgan fingerprint density at radius 3 is 2.89 bits per heavy atom. The lowest BCUT2D eigenvalue weighted by atomic mass is 10.0. The van der Waals surface area contributed by atoms with Crippen LogP contribution in [0.4, 0.5) is 5.69 Å². The van der Waals surface area contributed by atoms with Gasteiger partial charge in [-0.25, -0.2) is 0 Å². The van der Waals surface area contributed by atoms with Crippen LogP contribution in [0.5, 0.6) is 0 Å². The summed E-state index contributed by atoms with van der Waals surface area (Å²) < 4.78 is 0. The predicted molar refractivity (Wildman–Crippen MR) is 71.5 cm³/mol. The third-order valence-electron chi connectivity index (χ3n) is 3.41. The fourth-order valence-electron chi connectivity index (χ4n) is 2.51. The van der Waals surface area contributed by atoms with E-state index in [0.29, 0.717) is 6.54 Å². The summed E-state index contributed by atoms with van der Waals surface area (Å²) >= 11 is 0.